The van der Waals surface area contributed by atoms with Gasteiger partial charge >= 0.3 is 138 Å². The third-order valence-corrected chi connectivity index (χ3v) is 15.5. The van der Waals surface area contributed by atoms with Gasteiger partial charge in [-0.3, -0.25) is 14.5 Å². The molecule has 4 atom stereocenters. The van der Waals surface area contributed by atoms with Gasteiger partial charge in [0.1, 0.15) is 34.8 Å². The zero-order valence-corrected chi connectivity index (χ0v) is 67.8. The number of aromatic nitrogens is 3. The monoisotopic (exact) mass is 1990 g/mol. The van der Waals surface area contributed by atoms with Gasteiger partial charge in [-0.05, 0) is 83.4 Å². The summed E-state index contributed by atoms with van der Waals surface area (Å²) in [6, 6.07) is 11.9. The molecule has 1 saturated carbocycles. The molecule has 513 valence electrons. The Labute approximate surface area is 619 Å². The van der Waals surface area contributed by atoms with Crippen LogP contribution in [0.25, 0.3) is 0 Å². The fraction of sp³-hybridized carbons (Fsp3) is 0.433. The Hall–Kier alpha value is -2.52. The topological polar surface area (TPSA) is 231 Å². The van der Waals surface area contributed by atoms with E-state index in [9.17, 15) is 50.6 Å². The number of rotatable bonds is 10. The molecule has 17 nitrogen and oxygen atoms in total. The quantitative estimate of drug-likeness (QED) is 0.0388. The van der Waals surface area contributed by atoms with Crippen LogP contribution in [-0.2, 0) is 58.9 Å². The molecule has 33 heteroatoms. The van der Waals surface area contributed by atoms with Crippen molar-refractivity contribution < 1.29 is 79.2 Å². The van der Waals surface area contributed by atoms with Crippen molar-refractivity contribution in [3.63, 3.8) is 0 Å². The number of benzene rings is 2. The molecule has 0 bridgehead atoms. The fourth-order valence-corrected chi connectivity index (χ4v) is 11.0. The van der Waals surface area contributed by atoms with Crippen LogP contribution in [0.1, 0.15) is 121 Å². The van der Waals surface area contributed by atoms with E-state index in [1.165, 1.54) is 91.7 Å². The number of carboxylic acids is 1. The van der Waals surface area contributed by atoms with Gasteiger partial charge < -0.3 is 43.8 Å². The van der Waals surface area contributed by atoms with Crippen LogP contribution in [-0.4, -0.2) is 113 Å². The maximum atomic E-state index is 14.2. The van der Waals surface area contributed by atoms with E-state index in [1.54, 1.807) is 44.6 Å². The number of thiazole rings is 3. The van der Waals surface area contributed by atoms with Gasteiger partial charge in [0.25, 0.3) is 5.92 Å². The number of alkyl halides is 4. The van der Waals surface area contributed by atoms with Crippen LogP contribution in [0.4, 0.5) is 26.3 Å². The summed E-state index contributed by atoms with van der Waals surface area (Å²) in [7, 11) is 4.35. The van der Waals surface area contributed by atoms with Gasteiger partial charge in [-0.25, -0.2) is 60.9 Å². The van der Waals surface area contributed by atoms with E-state index in [4.69, 9.17) is 24.7 Å². The Balaban J connectivity index is 0.000000642. The van der Waals surface area contributed by atoms with Gasteiger partial charge in [-0.2, -0.15) is 18.1 Å². The average Bonchev–Trinajstić information content (AvgIpc) is 1.15. The second-order valence-electron chi connectivity index (χ2n) is 20.0. The van der Waals surface area contributed by atoms with Crippen LogP contribution < -0.4 is 10.6 Å². The summed E-state index contributed by atoms with van der Waals surface area (Å²) < 4.78 is 94.7. The number of halogens is 11. The van der Waals surface area contributed by atoms with E-state index in [0.29, 0.717) is 47.7 Å². The predicted octanol–water partition coefficient (Wildman–Crippen LogP) is 16.8. The molecule has 2 unspecified atom stereocenters. The molecule has 0 radical (unpaired) electrons. The van der Waals surface area contributed by atoms with E-state index in [1.807, 2.05) is 47.6 Å². The van der Waals surface area contributed by atoms with Crippen molar-refractivity contribution in [2.45, 2.75) is 130 Å². The van der Waals surface area contributed by atoms with E-state index in [-0.39, 0.29) is 61.1 Å². The van der Waals surface area contributed by atoms with Gasteiger partial charge in [-0.1, -0.05) is 45.5 Å². The molecule has 3 N–H and O–H groups in total. The van der Waals surface area contributed by atoms with Crippen LogP contribution in [0, 0.1) is 63.5 Å². The standard InChI is InChI=1S/C23H23F3N4O4S.C18H18FN3O2S.C7H10F2O2.C5H4N2S.2C3H7.CH4.5HI.2V/c1-12-9-27-19(35-12)18-28-15(10-30-11-23(25,26)8-16(30)20(31)32)17(21(33)34-3)22(2,29-18)13-4-6-14(24)7-5-13;1-10-9-20-16(25-10)15-21-11(2)14(17(23)24-4)18(3,22-15)12-5-7-13(19)8-6-12;1-11-6(10)5-2-3-7(8,9)4-5;1-4-3-7-5(2-6)8-4;2*1-3-2;;;;;;;;/h4-7,9,16H,8,10-11H2,1-3H3,(H,28,29)(H,31,32);5-9H,1-4H3,(H,21,22);5H,2-4H2,1H3;3H,1H3;2*1,3H2,2H3;1H4;5*1H;;/q;;;;2*-1;;;;;;;+2;+3/p-5/t16-,22?;;5-;;;;;;;;;;;/m0.0.........../s1. The normalized spacial score (nSPS) is 19.5. The third-order valence-electron chi connectivity index (χ3n) is 12.8. The zero-order valence-electron chi connectivity index (χ0n) is 51.8. The number of nitrogens with zero attached hydrogens (tertiary/aromatic N) is 7. The van der Waals surface area contributed by atoms with E-state index >= 15 is 0 Å². The number of esters is 3. The number of likely N-dealkylation sites (tertiary alicyclic amines) is 1. The summed E-state index contributed by atoms with van der Waals surface area (Å²) in [6.45, 7) is 20.9. The summed E-state index contributed by atoms with van der Waals surface area (Å²) in [4.78, 5) is 73.8. The number of amidine groups is 2. The molecule has 93 heavy (non-hydrogen) atoms. The Kier molecular flexibility index (Phi) is 41.0. The Bertz CT molecular complexity index is 3390. The van der Waals surface area contributed by atoms with Gasteiger partial charge in [-0.15, -0.1) is 34.0 Å². The van der Waals surface area contributed by atoms with Crippen molar-refractivity contribution in [2.75, 3.05) is 34.4 Å². The number of hydrogen-bond donors (Lipinski definition) is 3. The van der Waals surface area contributed by atoms with E-state index in [2.05, 4.69) is 144 Å². The average molecular weight is 1990 g/mol. The van der Waals surface area contributed by atoms with Crippen molar-refractivity contribution in [1.29, 1.82) is 5.26 Å². The number of nitrogens with one attached hydrogen (secondary N) is 2. The molecule has 2 aromatic carbocycles. The Morgan fingerprint density at radius 3 is 1.48 bits per heavy atom. The van der Waals surface area contributed by atoms with Gasteiger partial charge in [0.2, 0.25) is 5.92 Å². The van der Waals surface area contributed by atoms with Crippen molar-refractivity contribution in [1.82, 2.24) is 30.5 Å². The van der Waals surface area contributed by atoms with Crippen molar-refractivity contribution in [2.24, 2.45) is 15.9 Å². The SMILES string of the molecule is C.COC(=O)C1=C(C)NC(c2ncc(C)s2)=NC1(C)c1ccc(F)cc1.COC(=O)C1=C(CN2CC(F)(F)C[C@H]2C(=O)O)NC(c2ncc(C)s2)=NC1(C)c1ccc(F)cc1.COC(=O)[C@H]1CCC(F)(F)C1.Cc1cnc(C#N)s1.[CH2-]CC.[CH2-]CC.[I][V]([I])[I].[I][V][I]. The second-order valence-corrected chi connectivity index (χ2v) is 70.9. The molecule has 5 aromatic rings. The van der Waals surface area contributed by atoms with Gasteiger partial charge in [0.05, 0.1) is 44.9 Å². The maximum absolute atomic E-state index is 14.2. The van der Waals surface area contributed by atoms with E-state index < -0.39 is 77.5 Å². The summed E-state index contributed by atoms with van der Waals surface area (Å²) in [5.74, 6) is -9.58. The molecule has 3 aliphatic heterocycles. The molecule has 1 aliphatic carbocycles. The van der Waals surface area contributed by atoms with Crippen LogP contribution >= 0.6 is 134 Å². The first-order chi connectivity index (χ1) is 43.1. The first-order valence-corrected chi connectivity index (χ1v) is 52.3. The Morgan fingerprint density at radius 2 is 1.14 bits per heavy atom. The number of carboxylic acid groups (broad SMARTS) is 1. The first-order valence-electron chi connectivity index (χ1n) is 27.3. The van der Waals surface area contributed by atoms with Crippen LogP contribution in [0.2, 0.25) is 0 Å². The van der Waals surface area contributed by atoms with Gasteiger partial charge in [0, 0.05) is 70.4 Å². The number of carbonyl (C=O) groups is 4. The van der Waals surface area contributed by atoms with Crippen molar-refractivity contribution in [3.05, 3.63) is 156 Å². The molecule has 3 aromatic heterocycles. The number of nitriles is 1. The summed E-state index contributed by atoms with van der Waals surface area (Å²) >= 11 is 16.4. The molecule has 0 spiro atoms. The minimum atomic E-state index is -3.20. The number of ether oxygens (including phenoxy) is 3. The van der Waals surface area contributed by atoms with Crippen LogP contribution in [0.3, 0.4) is 0 Å². The fourth-order valence-electron chi connectivity index (χ4n) is 9.03. The number of methoxy groups -OCH3 is 3. The number of aliphatic carboxylic acids is 1. The number of carbonyl (C=O) groups excluding carboxylic acids is 3. The molecule has 4 aliphatic rings. The first kappa shape index (κ1) is 88.5. The summed E-state index contributed by atoms with van der Waals surface area (Å²) in [5, 5.41) is 25.7. The number of aryl methyl sites for hydroxylation is 3. The molecular weight excluding hydrogens is 1920 g/mol. The predicted molar refractivity (Wildman–Crippen MR) is 391 cm³/mol. The second kappa shape index (κ2) is 43.1. The van der Waals surface area contributed by atoms with Crippen molar-refractivity contribution >= 4 is 169 Å². The summed E-state index contributed by atoms with van der Waals surface area (Å²) in [6.07, 6.45) is 5.98. The minimum absolute atomic E-state index is 0. The summed E-state index contributed by atoms with van der Waals surface area (Å²) in [5.41, 5.74) is -0.0855. The number of allylic oxidation sites excluding steroid dienone is 1. The molecule has 1 saturated heterocycles. The molecule has 0 amide bonds. The van der Waals surface area contributed by atoms with Crippen LogP contribution in [0.5, 0.6) is 0 Å². The molecule has 9 rings (SSSR count). The third kappa shape index (κ3) is 28.3. The van der Waals surface area contributed by atoms with Crippen LogP contribution in [0.15, 0.2) is 99.6 Å². The Morgan fingerprint density at radius 1 is 0.731 bits per heavy atom. The number of hydrogen-bond acceptors (Lipinski definition) is 19. The molecule has 2 fully saturated rings. The van der Waals surface area contributed by atoms with Gasteiger partial charge in [0.15, 0.2) is 26.7 Å². The van der Waals surface area contributed by atoms with Crippen molar-refractivity contribution in [3.8, 4) is 6.07 Å². The van der Waals surface area contributed by atoms with E-state index in [0.717, 1.165) is 37.4 Å². The molecular formula is C60H73F6I5N9O8S3V2-2. The molecule has 6 heterocycles. The zero-order chi connectivity index (χ0) is 69.9. The number of aliphatic imine (C=N–C) groups is 2.